The van der Waals surface area contributed by atoms with Crippen molar-refractivity contribution >= 4 is 11.9 Å². The van der Waals surface area contributed by atoms with E-state index in [1.165, 1.54) is 7.11 Å². The smallest absolute Gasteiger partial charge is 0.325 e. The largest absolute Gasteiger partial charge is 0.468 e. The zero-order valence-corrected chi connectivity index (χ0v) is 11.4. The summed E-state index contributed by atoms with van der Waals surface area (Å²) in [5, 5.41) is 3.28. The average molecular weight is 256 g/mol. The Kier molecular flexibility index (Phi) is 6.72. The third-order valence-electron chi connectivity index (χ3n) is 3.32. The van der Waals surface area contributed by atoms with Crippen LogP contribution in [0.4, 0.5) is 0 Å². The number of ether oxygens (including phenoxy) is 1. The van der Waals surface area contributed by atoms with Gasteiger partial charge in [0.1, 0.15) is 6.54 Å². The molecule has 0 saturated carbocycles. The highest BCUT2D eigenvalue weighted by Crippen LogP contribution is 2.17. The molecule has 0 bridgehead atoms. The molecule has 1 rings (SSSR count). The molecular formula is C13H24N2O3. The molecule has 0 unspecified atom stereocenters. The van der Waals surface area contributed by atoms with Crippen LogP contribution in [-0.4, -0.2) is 50.1 Å². The van der Waals surface area contributed by atoms with Crippen molar-refractivity contribution in [1.82, 2.24) is 10.2 Å². The minimum absolute atomic E-state index is 0.0775. The zero-order chi connectivity index (χ0) is 13.4. The number of rotatable bonds is 6. The lowest BCUT2D eigenvalue weighted by Gasteiger charge is -2.26. The second-order valence-corrected chi connectivity index (χ2v) is 4.79. The van der Waals surface area contributed by atoms with Crippen LogP contribution in [0.25, 0.3) is 0 Å². The molecule has 1 amide bonds. The lowest BCUT2D eigenvalue weighted by molar-refractivity contribution is -0.147. The van der Waals surface area contributed by atoms with Gasteiger partial charge in [0.2, 0.25) is 5.91 Å². The molecule has 18 heavy (non-hydrogen) atoms. The van der Waals surface area contributed by atoms with Crippen LogP contribution in [0.5, 0.6) is 0 Å². The van der Waals surface area contributed by atoms with Crippen molar-refractivity contribution < 1.29 is 14.3 Å². The van der Waals surface area contributed by atoms with Crippen molar-refractivity contribution in [3.63, 3.8) is 0 Å². The summed E-state index contributed by atoms with van der Waals surface area (Å²) in [6.07, 6.45) is 3.50. The Morgan fingerprint density at radius 3 is 2.56 bits per heavy atom. The highest BCUT2D eigenvalue weighted by Gasteiger charge is 2.22. The Balaban J connectivity index is 2.44. The van der Waals surface area contributed by atoms with Gasteiger partial charge in [-0.15, -0.1) is 0 Å². The van der Waals surface area contributed by atoms with Crippen LogP contribution in [0, 0.1) is 5.92 Å². The van der Waals surface area contributed by atoms with Crippen LogP contribution in [-0.2, 0) is 14.3 Å². The van der Waals surface area contributed by atoms with E-state index >= 15 is 0 Å². The van der Waals surface area contributed by atoms with Crippen LogP contribution < -0.4 is 5.32 Å². The van der Waals surface area contributed by atoms with E-state index < -0.39 is 0 Å². The van der Waals surface area contributed by atoms with Crippen molar-refractivity contribution in [1.29, 1.82) is 0 Å². The number of piperidine rings is 1. The van der Waals surface area contributed by atoms with Gasteiger partial charge in [0.25, 0.3) is 0 Å². The standard InChI is InChI=1S/C13H24N2O3/c1-3-8-15(10-13(17)18-2)12(16)9-11-4-6-14-7-5-11/h11,14H,3-10H2,1-2H3. The van der Waals surface area contributed by atoms with Crippen molar-refractivity contribution in [2.75, 3.05) is 33.3 Å². The fraction of sp³-hybridized carbons (Fsp3) is 0.846. The van der Waals surface area contributed by atoms with Crippen LogP contribution >= 0.6 is 0 Å². The molecule has 0 atom stereocenters. The molecular weight excluding hydrogens is 232 g/mol. The average Bonchev–Trinajstić information content (AvgIpc) is 2.39. The summed E-state index contributed by atoms with van der Waals surface area (Å²) < 4.78 is 4.62. The van der Waals surface area contributed by atoms with Crippen molar-refractivity contribution in [2.45, 2.75) is 32.6 Å². The Morgan fingerprint density at radius 2 is 2.00 bits per heavy atom. The second kappa shape index (κ2) is 8.08. The topological polar surface area (TPSA) is 58.6 Å². The number of amides is 1. The molecule has 1 saturated heterocycles. The highest BCUT2D eigenvalue weighted by molar-refractivity contribution is 5.82. The minimum atomic E-state index is -0.345. The number of nitrogens with one attached hydrogen (secondary N) is 1. The number of hydrogen-bond acceptors (Lipinski definition) is 4. The monoisotopic (exact) mass is 256 g/mol. The molecule has 5 nitrogen and oxygen atoms in total. The van der Waals surface area contributed by atoms with Gasteiger partial charge in [-0.3, -0.25) is 9.59 Å². The Bertz CT molecular complexity index is 275. The van der Waals surface area contributed by atoms with E-state index in [9.17, 15) is 9.59 Å². The van der Waals surface area contributed by atoms with Gasteiger partial charge in [-0.05, 0) is 38.3 Å². The van der Waals surface area contributed by atoms with Gasteiger partial charge in [0, 0.05) is 13.0 Å². The summed E-state index contributed by atoms with van der Waals surface area (Å²) in [6.45, 7) is 4.68. The third kappa shape index (κ3) is 5.04. The van der Waals surface area contributed by atoms with Gasteiger partial charge in [-0.25, -0.2) is 0 Å². The third-order valence-corrected chi connectivity index (χ3v) is 3.32. The number of carbonyl (C=O) groups excluding carboxylic acids is 2. The van der Waals surface area contributed by atoms with E-state index in [4.69, 9.17) is 0 Å². The van der Waals surface area contributed by atoms with Crippen LogP contribution in [0.2, 0.25) is 0 Å². The van der Waals surface area contributed by atoms with Crippen molar-refractivity contribution in [3.05, 3.63) is 0 Å². The van der Waals surface area contributed by atoms with E-state index in [1.807, 2.05) is 6.92 Å². The van der Waals surface area contributed by atoms with Crippen LogP contribution in [0.1, 0.15) is 32.6 Å². The number of methoxy groups -OCH3 is 1. The second-order valence-electron chi connectivity index (χ2n) is 4.79. The summed E-state index contributed by atoms with van der Waals surface area (Å²) in [5.41, 5.74) is 0. The molecule has 5 heteroatoms. The molecule has 1 aliphatic rings. The summed E-state index contributed by atoms with van der Waals surface area (Å²) in [4.78, 5) is 25.0. The number of hydrogen-bond donors (Lipinski definition) is 1. The van der Waals surface area contributed by atoms with E-state index in [0.29, 0.717) is 18.9 Å². The molecule has 0 spiro atoms. The predicted molar refractivity (Wildman–Crippen MR) is 69.1 cm³/mol. The maximum Gasteiger partial charge on any atom is 0.325 e. The summed E-state index contributed by atoms with van der Waals surface area (Å²) >= 11 is 0. The maximum atomic E-state index is 12.2. The first-order chi connectivity index (χ1) is 8.67. The summed E-state index contributed by atoms with van der Waals surface area (Å²) in [5.74, 6) is 0.187. The zero-order valence-electron chi connectivity index (χ0n) is 11.4. The van der Waals surface area contributed by atoms with Crippen molar-refractivity contribution in [2.24, 2.45) is 5.92 Å². The van der Waals surface area contributed by atoms with Crippen LogP contribution in [0.15, 0.2) is 0 Å². The summed E-state index contributed by atoms with van der Waals surface area (Å²) in [6, 6.07) is 0. The lowest BCUT2D eigenvalue weighted by atomic mass is 9.94. The Labute approximate surface area is 109 Å². The molecule has 0 radical (unpaired) electrons. The van der Waals surface area contributed by atoms with Gasteiger partial charge in [-0.2, -0.15) is 0 Å². The van der Waals surface area contributed by atoms with Crippen molar-refractivity contribution in [3.8, 4) is 0 Å². The Hall–Kier alpha value is -1.10. The first-order valence-corrected chi connectivity index (χ1v) is 6.72. The molecule has 0 aromatic carbocycles. The molecule has 0 aromatic rings. The predicted octanol–water partition coefficient (Wildman–Crippen LogP) is 0.788. The lowest BCUT2D eigenvalue weighted by Crippen LogP contribution is -2.39. The number of nitrogens with zero attached hydrogens (tertiary/aromatic N) is 1. The Morgan fingerprint density at radius 1 is 1.33 bits per heavy atom. The van der Waals surface area contributed by atoms with E-state index in [2.05, 4.69) is 10.1 Å². The van der Waals surface area contributed by atoms with E-state index in [-0.39, 0.29) is 18.4 Å². The van der Waals surface area contributed by atoms with Gasteiger partial charge >= 0.3 is 5.97 Å². The molecule has 1 N–H and O–H groups in total. The molecule has 104 valence electrons. The van der Waals surface area contributed by atoms with Gasteiger partial charge < -0.3 is 15.0 Å². The van der Waals surface area contributed by atoms with E-state index in [1.54, 1.807) is 4.90 Å². The molecule has 1 heterocycles. The first kappa shape index (κ1) is 15.0. The fourth-order valence-electron chi connectivity index (χ4n) is 2.24. The normalized spacial score (nSPS) is 16.3. The SMILES string of the molecule is CCCN(CC(=O)OC)C(=O)CC1CCNCC1. The molecule has 1 fully saturated rings. The van der Waals surface area contributed by atoms with E-state index in [0.717, 1.165) is 32.4 Å². The minimum Gasteiger partial charge on any atom is -0.468 e. The van der Waals surface area contributed by atoms with Gasteiger partial charge in [-0.1, -0.05) is 6.92 Å². The number of esters is 1. The van der Waals surface area contributed by atoms with Gasteiger partial charge in [0.05, 0.1) is 7.11 Å². The van der Waals surface area contributed by atoms with Crippen LogP contribution in [0.3, 0.4) is 0 Å². The quantitative estimate of drug-likeness (QED) is 0.714. The van der Waals surface area contributed by atoms with Gasteiger partial charge in [0.15, 0.2) is 0 Å². The summed E-state index contributed by atoms with van der Waals surface area (Å²) in [7, 11) is 1.35. The number of carbonyl (C=O) groups is 2. The molecule has 0 aliphatic carbocycles. The highest BCUT2D eigenvalue weighted by atomic mass is 16.5. The fourth-order valence-corrected chi connectivity index (χ4v) is 2.24. The maximum absolute atomic E-state index is 12.2. The molecule has 0 aromatic heterocycles. The first-order valence-electron chi connectivity index (χ1n) is 6.72. The molecule has 1 aliphatic heterocycles.